The van der Waals surface area contributed by atoms with Gasteiger partial charge < -0.3 is 19.5 Å². The minimum atomic E-state index is -0.665. The SMILES string of the molecule is O=C(Oc1ccccc1-c1ccno1)c1ccc(O)c(O)c1. The molecule has 2 aromatic carbocycles. The number of aromatic nitrogens is 1. The van der Waals surface area contributed by atoms with E-state index in [1.807, 2.05) is 0 Å². The first-order valence-corrected chi connectivity index (χ1v) is 6.39. The van der Waals surface area contributed by atoms with Crippen LogP contribution in [0.2, 0.25) is 0 Å². The third kappa shape index (κ3) is 2.62. The number of phenolic OH excluding ortho intramolecular Hbond substituents is 2. The summed E-state index contributed by atoms with van der Waals surface area (Å²) in [5.41, 5.74) is 0.694. The topological polar surface area (TPSA) is 92.8 Å². The molecule has 0 amide bonds. The second-order valence-corrected chi connectivity index (χ2v) is 4.47. The number of carbonyl (C=O) groups is 1. The Balaban J connectivity index is 1.90. The number of aromatic hydroxyl groups is 2. The molecule has 0 saturated heterocycles. The van der Waals surface area contributed by atoms with E-state index in [1.165, 1.54) is 18.3 Å². The normalized spacial score (nSPS) is 10.4. The number of nitrogens with zero attached hydrogens (tertiary/aromatic N) is 1. The third-order valence-electron chi connectivity index (χ3n) is 3.00. The number of esters is 1. The van der Waals surface area contributed by atoms with Crippen molar-refractivity contribution in [2.75, 3.05) is 0 Å². The van der Waals surface area contributed by atoms with Crippen LogP contribution >= 0.6 is 0 Å². The molecular formula is C16H11NO5. The molecule has 6 heteroatoms. The monoisotopic (exact) mass is 297 g/mol. The van der Waals surface area contributed by atoms with Gasteiger partial charge in [0.05, 0.1) is 17.3 Å². The quantitative estimate of drug-likeness (QED) is 0.438. The van der Waals surface area contributed by atoms with Crippen molar-refractivity contribution < 1.29 is 24.3 Å². The van der Waals surface area contributed by atoms with Gasteiger partial charge in [-0.25, -0.2) is 4.79 Å². The summed E-state index contributed by atoms with van der Waals surface area (Å²) in [6, 6.07) is 12.2. The first kappa shape index (κ1) is 13.7. The number of ether oxygens (including phenoxy) is 1. The minimum Gasteiger partial charge on any atom is -0.504 e. The van der Waals surface area contributed by atoms with Crippen LogP contribution in [0.15, 0.2) is 59.3 Å². The maximum absolute atomic E-state index is 12.1. The van der Waals surface area contributed by atoms with Crippen molar-refractivity contribution in [2.45, 2.75) is 0 Å². The van der Waals surface area contributed by atoms with Crippen LogP contribution in [0.1, 0.15) is 10.4 Å². The van der Waals surface area contributed by atoms with Gasteiger partial charge in [0.1, 0.15) is 5.75 Å². The summed E-state index contributed by atoms with van der Waals surface area (Å²) in [7, 11) is 0. The van der Waals surface area contributed by atoms with Crippen molar-refractivity contribution in [3.8, 4) is 28.6 Å². The van der Waals surface area contributed by atoms with Gasteiger partial charge in [0.2, 0.25) is 0 Å². The Bertz CT molecular complexity index is 811. The lowest BCUT2D eigenvalue weighted by molar-refractivity contribution is 0.0735. The Morgan fingerprint density at radius 3 is 2.59 bits per heavy atom. The van der Waals surface area contributed by atoms with Gasteiger partial charge in [0.25, 0.3) is 0 Å². The minimum absolute atomic E-state index is 0.114. The average Bonchev–Trinajstić information content (AvgIpc) is 3.04. The maximum Gasteiger partial charge on any atom is 0.343 e. The molecule has 6 nitrogen and oxygen atoms in total. The number of rotatable bonds is 3. The third-order valence-corrected chi connectivity index (χ3v) is 3.00. The predicted molar refractivity (Wildman–Crippen MR) is 76.7 cm³/mol. The van der Waals surface area contributed by atoms with E-state index < -0.39 is 11.7 Å². The van der Waals surface area contributed by atoms with Gasteiger partial charge in [-0.2, -0.15) is 0 Å². The van der Waals surface area contributed by atoms with Crippen LogP contribution in [0.4, 0.5) is 0 Å². The van der Waals surface area contributed by atoms with Crippen molar-refractivity contribution in [1.29, 1.82) is 0 Å². The van der Waals surface area contributed by atoms with Gasteiger partial charge in [0.15, 0.2) is 17.3 Å². The van der Waals surface area contributed by atoms with E-state index in [4.69, 9.17) is 9.26 Å². The molecule has 1 aromatic heterocycles. The largest absolute Gasteiger partial charge is 0.504 e. The van der Waals surface area contributed by atoms with E-state index in [0.29, 0.717) is 17.1 Å². The zero-order valence-corrected chi connectivity index (χ0v) is 11.3. The van der Waals surface area contributed by atoms with E-state index in [9.17, 15) is 15.0 Å². The molecule has 0 bridgehead atoms. The highest BCUT2D eigenvalue weighted by Crippen LogP contribution is 2.31. The Morgan fingerprint density at radius 1 is 1.05 bits per heavy atom. The lowest BCUT2D eigenvalue weighted by Crippen LogP contribution is -2.08. The lowest BCUT2D eigenvalue weighted by atomic mass is 10.1. The highest BCUT2D eigenvalue weighted by atomic mass is 16.5. The molecule has 0 aliphatic carbocycles. The van der Waals surface area contributed by atoms with Crippen LogP contribution in [0, 0.1) is 0 Å². The number of carbonyl (C=O) groups excluding carboxylic acids is 1. The molecule has 0 fully saturated rings. The molecule has 3 rings (SSSR count). The summed E-state index contributed by atoms with van der Waals surface area (Å²) in [4.78, 5) is 12.1. The molecule has 110 valence electrons. The van der Waals surface area contributed by atoms with Gasteiger partial charge in [0, 0.05) is 6.07 Å². The second-order valence-electron chi connectivity index (χ2n) is 4.47. The maximum atomic E-state index is 12.1. The highest BCUT2D eigenvalue weighted by molar-refractivity contribution is 5.92. The fourth-order valence-corrected chi connectivity index (χ4v) is 1.92. The summed E-state index contributed by atoms with van der Waals surface area (Å²) >= 11 is 0. The molecule has 0 unspecified atom stereocenters. The molecule has 0 aliphatic rings. The number of phenols is 2. The molecule has 0 radical (unpaired) electrons. The molecule has 0 spiro atoms. The molecule has 2 N–H and O–H groups in total. The van der Waals surface area contributed by atoms with Gasteiger partial charge in [-0.05, 0) is 30.3 Å². The van der Waals surface area contributed by atoms with Gasteiger partial charge in [-0.3, -0.25) is 0 Å². The second kappa shape index (κ2) is 5.61. The van der Waals surface area contributed by atoms with Crippen LogP contribution in [0.25, 0.3) is 11.3 Å². The van der Waals surface area contributed by atoms with Crippen LogP contribution in [-0.2, 0) is 0 Å². The fraction of sp³-hybridized carbons (Fsp3) is 0. The van der Waals surface area contributed by atoms with Gasteiger partial charge in [-0.15, -0.1) is 0 Å². The van der Waals surface area contributed by atoms with E-state index >= 15 is 0 Å². The van der Waals surface area contributed by atoms with Crippen LogP contribution in [-0.4, -0.2) is 21.3 Å². The number of hydrogen-bond acceptors (Lipinski definition) is 6. The number of benzene rings is 2. The van der Waals surface area contributed by atoms with Gasteiger partial charge >= 0.3 is 5.97 Å². The Kier molecular flexibility index (Phi) is 3.49. The van der Waals surface area contributed by atoms with Crippen molar-refractivity contribution in [1.82, 2.24) is 5.16 Å². The first-order valence-electron chi connectivity index (χ1n) is 6.39. The zero-order valence-electron chi connectivity index (χ0n) is 11.3. The summed E-state index contributed by atoms with van der Waals surface area (Å²) in [6.07, 6.45) is 1.49. The molecule has 0 atom stereocenters. The molecule has 0 aliphatic heterocycles. The Morgan fingerprint density at radius 2 is 1.86 bits per heavy atom. The number of hydrogen-bond donors (Lipinski definition) is 2. The van der Waals surface area contributed by atoms with Crippen molar-refractivity contribution in [2.24, 2.45) is 0 Å². The Hall–Kier alpha value is -3.28. The average molecular weight is 297 g/mol. The van der Waals surface area contributed by atoms with Crippen molar-refractivity contribution in [3.05, 3.63) is 60.3 Å². The Labute approximate surface area is 125 Å². The zero-order chi connectivity index (χ0) is 15.5. The van der Waals surface area contributed by atoms with Crippen LogP contribution in [0.5, 0.6) is 17.2 Å². The standard InChI is InChI=1S/C16H11NO5/c18-12-6-5-10(9-13(12)19)16(20)21-14-4-2-1-3-11(14)15-7-8-17-22-15/h1-9,18-19H. The van der Waals surface area contributed by atoms with Crippen LogP contribution < -0.4 is 4.74 Å². The van der Waals surface area contributed by atoms with E-state index in [0.717, 1.165) is 6.07 Å². The van der Waals surface area contributed by atoms with Crippen molar-refractivity contribution in [3.63, 3.8) is 0 Å². The molecule has 0 saturated carbocycles. The fourth-order valence-electron chi connectivity index (χ4n) is 1.92. The number of para-hydroxylation sites is 1. The smallest absolute Gasteiger partial charge is 0.343 e. The summed E-state index contributed by atoms with van der Waals surface area (Å²) in [5.74, 6) is -0.590. The first-order chi connectivity index (χ1) is 10.6. The molecule has 3 aromatic rings. The van der Waals surface area contributed by atoms with E-state index in [2.05, 4.69) is 5.16 Å². The van der Waals surface area contributed by atoms with Gasteiger partial charge in [-0.1, -0.05) is 17.3 Å². The summed E-state index contributed by atoms with van der Waals surface area (Å²) in [6.45, 7) is 0. The lowest BCUT2D eigenvalue weighted by Gasteiger charge is -2.08. The van der Waals surface area contributed by atoms with Crippen LogP contribution in [0.3, 0.4) is 0 Å². The molecule has 1 heterocycles. The molecule has 22 heavy (non-hydrogen) atoms. The molecular weight excluding hydrogens is 286 g/mol. The predicted octanol–water partition coefficient (Wildman–Crippen LogP) is 2.97. The van der Waals surface area contributed by atoms with E-state index in [1.54, 1.807) is 30.3 Å². The summed E-state index contributed by atoms with van der Waals surface area (Å²) < 4.78 is 10.4. The van der Waals surface area contributed by atoms with E-state index in [-0.39, 0.29) is 11.3 Å². The summed E-state index contributed by atoms with van der Waals surface area (Å²) in [5, 5.41) is 22.3. The van der Waals surface area contributed by atoms with Crippen molar-refractivity contribution >= 4 is 5.97 Å². The highest BCUT2D eigenvalue weighted by Gasteiger charge is 2.15.